The van der Waals surface area contributed by atoms with Crippen molar-refractivity contribution in [3.8, 4) is 55.6 Å². The smallest absolute Gasteiger partial charge is 0.00203 e. The van der Waals surface area contributed by atoms with Gasteiger partial charge in [0.1, 0.15) is 0 Å². The molecule has 11 aromatic carbocycles. The number of fused-ring (bicyclic) bond motifs is 2. The van der Waals surface area contributed by atoms with Gasteiger partial charge in [0.2, 0.25) is 0 Å². The van der Waals surface area contributed by atoms with Crippen LogP contribution < -0.4 is 0 Å². The molecular weight excluding hydrogens is 649 g/mol. The lowest BCUT2D eigenvalue weighted by Crippen LogP contribution is -1.92. The predicted octanol–water partition coefficient (Wildman–Crippen LogP) is 15.2. The Labute approximate surface area is 314 Å². The van der Waals surface area contributed by atoms with Crippen molar-refractivity contribution >= 4 is 53.9 Å². The van der Waals surface area contributed by atoms with Crippen molar-refractivity contribution in [3.05, 3.63) is 206 Å². The molecule has 0 amide bonds. The van der Waals surface area contributed by atoms with Crippen molar-refractivity contribution in [2.75, 3.05) is 0 Å². The van der Waals surface area contributed by atoms with Gasteiger partial charge in [0.25, 0.3) is 0 Å². The fraction of sp³-hybridized carbons (Fsp3) is 0. The van der Waals surface area contributed by atoms with Gasteiger partial charge in [0.05, 0.1) is 0 Å². The molecule has 54 heavy (non-hydrogen) atoms. The monoisotopic (exact) mass is 682 g/mol. The maximum Gasteiger partial charge on any atom is -0.00203 e. The summed E-state index contributed by atoms with van der Waals surface area (Å²) in [5, 5.41) is 12.9. The summed E-state index contributed by atoms with van der Waals surface area (Å²) in [5.74, 6) is 0. The standard InChI is InChI=1S/C54H34/c1-3-11-37(12-4-1)45-16-9-17-49-48(33-32-46(54(45)49)38-13-5-2-6-14-38)47-29-25-41-26-30-50-44(28-24-40-27-31-51(47)53(41)52(40)50)39-21-18-36(19-22-39)43-23-20-35-10-7-8-15-42(35)34-43/h1-34H. The Morgan fingerprint density at radius 1 is 0.185 bits per heavy atom. The molecule has 0 fully saturated rings. The molecule has 0 aromatic heterocycles. The van der Waals surface area contributed by atoms with E-state index in [2.05, 4.69) is 206 Å². The molecule has 0 saturated carbocycles. The molecule has 11 aromatic rings. The Balaban J connectivity index is 1.09. The quantitative estimate of drug-likeness (QED) is 0.159. The summed E-state index contributed by atoms with van der Waals surface area (Å²) in [6.45, 7) is 0. The van der Waals surface area contributed by atoms with Gasteiger partial charge in [-0.1, -0.05) is 200 Å². The third kappa shape index (κ3) is 4.85. The SMILES string of the molecule is c1ccc(-c2cccc3c(-c4ccc5ccc6c(-c7ccc(-c8ccc9ccccc9c8)cc7)ccc7ccc4c5c76)ccc(-c4ccccc4)c23)cc1. The molecule has 0 aliphatic heterocycles. The summed E-state index contributed by atoms with van der Waals surface area (Å²) in [6, 6.07) is 76.0. The van der Waals surface area contributed by atoms with Gasteiger partial charge in [0, 0.05) is 0 Å². The molecular formula is C54H34. The van der Waals surface area contributed by atoms with Gasteiger partial charge >= 0.3 is 0 Å². The molecule has 0 nitrogen and oxygen atoms in total. The van der Waals surface area contributed by atoms with Crippen molar-refractivity contribution in [2.45, 2.75) is 0 Å². The van der Waals surface area contributed by atoms with E-state index in [0.29, 0.717) is 0 Å². The summed E-state index contributed by atoms with van der Waals surface area (Å²) in [7, 11) is 0. The molecule has 0 radical (unpaired) electrons. The van der Waals surface area contributed by atoms with Crippen LogP contribution in [-0.4, -0.2) is 0 Å². The first kappa shape index (κ1) is 30.6. The van der Waals surface area contributed by atoms with Crippen LogP contribution in [0.1, 0.15) is 0 Å². The number of hydrogen-bond acceptors (Lipinski definition) is 0. The van der Waals surface area contributed by atoms with Crippen LogP contribution in [0.3, 0.4) is 0 Å². The minimum absolute atomic E-state index is 1.23. The van der Waals surface area contributed by atoms with Crippen molar-refractivity contribution in [2.24, 2.45) is 0 Å². The number of hydrogen-bond donors (Lipinski definition) is 0. The maximum atomic E-state index is 2.34. The summed E-state index contributed by atoms with van der Waals surface area (Å²) >= 11 is 0. The Morgan fingerprint density at radius 2 is 0.630 bits per heavy atom. The van der Waals surface area contributed by atoms with Crippen LogP contribution in [0.15, 0.2) is 206 Å². The van der Waals surface area contributed by atoms with Crippen LogP contribution in [0.4, 0.5) is 0 Å². The lowest BCUT2D eigenvalue weighted by molar-refractivity contribution is 1.62. The van der Waals surface area contributed by atoms with Crippen LogP contribution in [0, 0.1) is 0 Å². The fourth-order valence-electron chi connectivity index (χ4n) is 8.86. The number of rotatable bonds is 5. The molecule has 0 unspecified atom stereocenters. The van der Waals surface area contributed by atoms with Crippen molar-refractivity contribution in [1.82, 2.24) is 0 Å². The van der Waals surface area contributed by atoms with E-state index in [0.717, 1.165) is 0 Å². The Morgan fingerprint density at radius 3 is 1.31 bits per heavy atom. The third-order valence-corrected chi connectivity index (χ3v) is 11.4. The van der Waals surface area contributed by atoms with Crippen LogP contribution in [-0.2, 0) is 0 Å². The molecule has 0 spiro atoms. The van der Waals surface area contributed by atoms with Crippen molar-refractivity contribution in [1.29, 1.82) is 0 Å². The lowest BCUT2D eigenvalue weighted by Gasteiger charge is -2.19. The second kappa shape index (κ2) is 12.3. The Kier molecular flexibility index (Phi) is 6.97. The van der Waals surface area contributed by atoms with E-state index < -0.39 is 0 Å². The molecule has 0 aliphatic carbocycles. The number of benzene rings is 11. The van der Waals surface area contributed by atoms with Crippen LogP contribution >= 0.6 is 0 Å². The molecule has 0 aliphatic rings. The zero-order chi connectivity index (χ0) is 35.6. The molecule has 0 heteroatoms. The highest BCUT2D eigenvalue weighted by atomic mass is 14.2. The first-order valence-corrected chi connectivity index (χ1v) is 18.8. The van der Waals surface area contributed by atoms with E-state index in [1.807, 2.05) is 0 Å². The van der Waals surface area contributed by atoms with Crippen LogP contribution in [0.5, 0.6) is 0 Å². The lowest BCUT2D eigenvalue weighted by atomic mass is 9.84. The van der Waals surface area contributed by atoms with Gasteiger partial charge in [0.15, 0.2) is 0 Å². The summed E-state index contributed by atoms with van der Waals surface area (Å²) < 4.78 is 0. The third-order valence-electron chi connectivity index (χ3n) is 11.4. The van der Waals surface area contributed by atoms with Gasteiger partial charge in [-0.05, 0) is 116 Å². The van der Waals surface area contributed by atoms with Crippen LogP contribution in [0.2, 0.25) is 0 Å². The Hall–Kier alpha value is -7.02. The molecule has 0 N–H and O–H groups in total. The second-order valence-electron chi connectivity index (χ2n) is 14.4. The first-order valence-electron chi connectivity index (χ1n) is 18.8. The van der Waals surface area contributed by atoms with E-state index in [1.165, 1.54) is 109 Å². The maximum absolute atomic E-state index is 2.34. The summed E-state index contributed by atoms with van der Waals surface area (Å²) in [5.41, 5.74) is 12.4. The van der Waals surface area contributed by atoms with Crippen molar-refractivity contribution < 1.29 is 0 Å². The molecule has 11 rings (SSSR count). The molecule has 0 bridgehead atoms. The van der Waals surface area contributed by atoms with E-state index in [4.69, 9.17) is 0 Å². The normalized spacial score (nSPS) is 11.7. The minimum atomic E-state index is 1.23. The minimum Gasteiger partial charge on any atom is -0.0622 e. The van der Waals surface area contributed by atoms with Gasteiger partial charge in [-0.2, -0.15) is 0 Å². The first-order chi connectivity index (χ1) is 26.8. The zero-order valence-electron chi connectivity index (χ0n) is 29.6. The Bertz CT molecular complexity index is 3130. The summed E-state index contributed by atoms with van der Waals surface area (Å²) in [4.78, 5) is 0. The highest BCUT2D eigenvalue weighted by Gasteiger charge is 2.19. The predicted molar refractivity (Wildman–Crippen MR) is 232 cm³/mol. The van der Waals surface area contributed by atoms with E-state index in [-0.39, 0.29) is 0 Å². The van der Waals surface area contributed by atoms with E-state index >= 15 is 0 Å². The molecule has 0 saturated heterocycles. The van der Waals surface area contributed by atoms with Gasteiger partial charge in [-0.3, -0.25) is 0 Å². The highest BCUT2D eigenvalue weighted by molar-refractivity contribution is 6.28. The highest BCUT2D eigenvalue weighted by Crippen LogP contribution is 2.46. The average molecular weight is 683 g/mol. The zero-order valence-corrected chi connectivity index (χ0v) is 29.6. The molecule has 0 atom stereocenters. The molecule has 250 valence electrons. The second-order valence-corrected chi connectivity index (χ2v) is 14.4. The average Bonchev–Trinajstić information content (AvgIpc) is 3.25. The van der Waals surface area contributed by atoms with Gasteiger partial charge in [-0.15, -0.1) is 0 Å². The molecule has 0 heterocycles. The topological polar surface area (TPSA) is 0 Å². The van der Waals surface area contributed by atoms with Crippen molar-refractivity contribution in [3.63, 3.8) is 0 Å². The van der Waals surface area contributed by atoms with Gasteiger partial charge < -0.3 is 0 Å². The fourth-order valence-corrected chi connectivity index (χ4v) is 8.86. The van der Waals surface area contributed by atoms with Crippen LogP contribution in [0.25, 0.3) is 109 Å². The van der Waals surface area contributed by atoms with Gasteiger partial charge in [-0.25, -0.2) is 0 Å². The summed E-state index contributed by atoms with van der Waals surface area (Å²) in [6.07, 6.45) is 0. The van der Waals surface area contributed by atoms with E-state index in [1.54, 1.807) is 0 Å². The largest absolute Gasteiger partial charge is 0.0622 e. The van der Waals surface area contributed by atoms with E-state index in [9.17, 15) is 0 Å².